The second kappa shape index (κ2) is 4.32. The summed E-state index contributed by atoms with van der Waals surface area (Å²) < 4.78 is 0. The average molecular weight is 131 g/mol. The molecule has 0 rings (SSSR count). The molecule has 0 saturated heterocycles. The van der Waals surface area contributed by atoms with Gasteiger partial charge in [0.1, 0.15) is 0 Å². The van der Waals surface area contributed by atoms with Gasteiger partial charge in [-0.25, -0.2) is 5.48 Å². The average Bonchev–Trinajstić information content (AvgIpc) is 1.83. The molecule has 0 bridgehead atoms. The summed E-state index contributed by atoms with van der Waals surface area (Å²) in [4.78, 5) is 15.3. The highest BCUT2D eigenvalue weighted by atomic mass is 16.7. The summed E-state index contributed by atoms with van der Waals surface area (Å²) in [6.07, 6.45) is 0.521. The zero-order valence-corrected chi connectivity index (χ0v) is 6.10. The van der Waals surface area contributed by atoms with Gasteiger partial charge in [0, 0.05) is 6.42 Å². The van der Waals surface area contributed by atoms with Crippen LogP contribution in [0, 0.1) is 0 Å². The molecule has 0 aromatic carbocycles. The Morgan fingerprint density at radius 1 is 1.67 bits per heavy atom. The van der Waals surface area contributed by atoms with Crippen molar-refractivity contribution in [3.05, 3.63) is 0 Å². The van der Waals surface area contributed by atoms with Crippen molar-refractivity contribution in [1.29, 1.82) is 0 Å². The second-order valence-corrected chi connectivity index (χ2v) is 2.05. The number of nitrogens with one attached hydrogen (secondary N) is 1. The molecule has 0 aromatic rings. The number of carbonyl (C=O) groups excluding carboxylic acids is 1. The minimum absolute atomic E-state index is 0.0560. The van der Waals surface area contributed by atoms with E-state index in [0.29, 0.717) is 6.42 Å². The Morgan fingerprint density at radius 3 is 2.56 bits per heavy atom. The van der Waals surface area contributed by atoms with Gasteiger partial charge in [0.05, 0.1) is 6.10 Å². The fraction of sp³-hybridized carbons (Fsp3) is 0.833. The van der Waals surface area contributed by atoms with E-state index in [0.717, 1.165) is 0 Å². The zero-order valence-electron chi connectivity index (χ0n) is 6.10. The molecule has 0 aliphatic heterocycles. The van der Waals surface area contributed by atoms with Crippen molar-refractivity contribution in [3.8, 4) is 0 Å². The fourth-order valence-electron chi connectivity index (χ4n) is 0.256. The van der Waals surface area contributed by atoms with Gasteiger partial charge >= 0.3 is 0 Å². The van der Waals surface area contributed by atoms with E-state index in [2.05, 4.69) is 5.48 Å². The Bertz CT molecular complexity index is 91.1. The van der Waals surface area contributed by atoms with E-state index >= 15 is 0 Å². The predicted octanol–water partition coefficient (Wildman–Crippen LogP) is 0.853. The van der Waals surface area contributed by atoms with Crippen LogP contribution in [-0.2, 0) is 9.63 Å². The molecule has 54 valence electrons. The Hall–Kier alpha value is -0.570. The SMILES string of the molecule is CCC(=O)NOC(C)C. The molecule has 0 atom stereocenters. The van der Waals surface area contributed by atoms with Crippen LogP contribution in [0.15, 0.2) is 0 Å². The number of hydrogen-bond donors (Lipinski definition) is 1. The highest BCUT2D eigenvalue weighted by Crippen LogP contribution is 1.83. The molecule has 0 heterocycles. The van der Waals surface area contributed by atoms with Gasteiger partial charge in [-0.05, 0) is 13.8 Å². The number of carbonyl (C=O) groups is 1. The Morgan fingerprint density at radius 2 is 2.22 bits per heavy atom. The maximum Gasteiger partial charge on any atom is 0.243 e. The van der Waals surface area contributed by atoms with Crippen LogP contribution < -0.4 is 5.48 Å². The first-order chi connectivity index (χ1) is 4.16. The third kappa shape index (κ3) is 5.30. The summed E-state index contributed by atoms with van der Waals surface area (Å²) >= 11 is 0. The quantitative estimate of drug-likeness (QED) is 0.577. The molecule has 3 heteroatoms. The van der Waals surface area contributed by atoms with Crippen molar-refractivity contribution in [1.82, 2.24) is 5.48 Å². The van der Waals surface area contributed by atoms with E-state index in [1.807, 2.05) is 13.8 Å². The molecule has 0 radical (unpaired) electrons. The molecule has 0 spiro atoms. The molecule has 9 heavy (non-hydrogen) atoms. The summed E-state index contributed by atoms with van der Waals surface area (Å²) in [5.74, 6) is -0.0799. The van der Waals surface area contributed by atoms with Crippen LogP contribution >= 0.6 is 0 Å². The smallest absolute Gasteiger partial charge is 0.243 e. The normalized spacial score (nSPS) is 9.78. The van der Waals surface area contributed by atoms with Gasteiger partial charge in [-0.15, -0.1) is 0 Å². The van der Waals surface area contributed by atoms with Crippen LogP contribution in [0.4, 0.5) is 0 Å². The molecule has 0 unspecified atom stereocenters. The zero-order chi connectivity index (χ0) is 7.28. The number of hydrogen-bond acceptors (Lipinski definition) is 2. The van der Waals surface area contributed by atoms with Crippen molar-refractivity contribution in [2.24, 2.45) is 0 Å². The molecule has 0 saturated carbocycles. The first-order valence-corrected chi connectivity index (χ1v) is 3.11. The molecule has 0 aromatic heterocycles. The number of rotatable bonds is 3. The van der Waals surface area contributed by atoms with Crippen LogP contribution in [0.1, 0.15) is 27.2 Å². The first kappa shape index (κ1) is 8.43. The van der Waals surface area contributed by atoms with Gasteiger partial charge < -0.3 is 0 Å². The van der Waals surface area contributed by atoms with E-state index < -0.39 is 0 Å². The monoisotopic (exact) mass is 131 g/mol. The lowest BCUT2D eigenvalue weighted by Gasteiger charge is -2.05. The van der Waals surface area contributed by atoms with Crippen LogP contribution in [0.5, 0.6) is 0 Å². The third-order valence-corrected chi connectivity index (χ3v) is 0.730. The van der Waals surface area contributed by atoms with Gasteiger partial charge in [-0.2, -0.15) is 0 Å². The highest BCUT2D eigenvalue weighted by molar-refractivity contribution is 5.74. The summed E-state index contributed by atoms with van der Waals surface area (Å²) in [5.41, 5.74) is 2.29. The molecule has 0 aliphatic rings. The summed E-state index contributed by atoms with van der Waals surface area (Å²) in [5, 5.41) is 0. The van der Waals surface area contributed by atoms with Gasteiger partial charge in [0.25, 0.3) is 0 Å². The summed E-state index contributed by atoms with van der Waals surface area (Å²) in [7, 11) is 0. The lowest BCUT2D eigenvalue weighted by Crippen LogP contribution is -2.25. The van der Waals surface area contributed by atoms with E-state index in [4.69, 9.17) is 4.84 Å². The molecule has 0 aliphatic carbocycles. The minimum Gasteiger partial charge on any atom is -0.273 e. The lowest BCUT2D eigenvalue weighted by molar-refractivity contribution is -0.136. The van der Waals surface area contributed by atoms with Crippen molar-refractivity contribution in [3.63, 3.8) is 0 Å². The molecule has 1 amide bonds. The Kier molecular flexibility index (Phi) is 4.05. The summed E-state index contributed by atoms with van der Waals surface area (Å²) in [6.45, 7) is 5.49. The van der Waals surface area contributed by atoms with Crippen LogP contribution in [0.25, 0.3) is 0 Å². The molecule has 3 nitrogen and oxygen atoms in total. The van der Waals surface area contributed by atoms with E-state index in [-0.39, 0.29) is 12.0 Å². The second-order valence-electron chi connectivity index (χ2n) is 2.05. The van der Waals surface area contributed by atoms with Crippen molar-refractivity contribution in [2.45, 2.75) is 33.3 Å². The maximum absolute atomic E-state index is 10.5. The van der Waals surface area contributed by atoms with E-state index in [1.165, 1.54) is 0 Å². The largest absolute Gasteiger partial charge is 0.273 e. The lowest BCUT2D eigenvalue weighted by atomic mass is 10.5. The van der Waals surface area contributed by atoms with Gasteiger partial charge in [-0.1, -0.05) is 6.92 Å². The minimum atomic E-state index is -0.0799. The maximum atomic E-state index is 10.5. The Labute approximate surface area is 55.3 Å². The molecule has 0 fully saturated rings. The third-order valence-electron chi connectivity index (χ3n) is 0.730. The van der Waals surface area contributed by atoms with Gasteiger partial charge in [0.15, 0.2) is 0 Å². The topological polar surface area (TPSA) is 38.3 Å². The first-order valence-electron chi connectivity index (χ1n) is 3.11. The van der Waals surface area contributed by atoms with Crippen LogP contribution in [0.3, 0.4) is 0 Å². The van der Waals surface area contributed by atoms with Gasteiger partial charge in [0.2, 0.25) is 5.91 Å². The van der Waals surface area contributed by atoms with Crippen molar-refractivity contribution in [2.75, 3.05) is 0 Å². The standard InChI is InChI=1S/C6H13NO2/c1-4-6(8)7-9-5(2)3/h5H,4H2,1-3H3,(H,7,8). The number of hydroxylamine groups is 1. The highest BCUT2D eigenvalue weighted by Gasteiger charge is 1.96. The van der Waals surface area contributed by atoms with E-state index in [9.17, 15) is 4.79 Å². The van der Waals surface area contributed by atoms with Gasteiger partial charge in [-0.3, -0.25) is 9.63 Å². The Balaban J connectivity index is 3.17. The fourth-order valence-corrected chi connectivity index (χ4v) is 0.256. The van der Waals surface area contributed by atoms with E-state index in [1.54, 1.807) is 6.92 Å². The van der Waals surface area contributed by atoms with Crippen molar-refractivity contribution < 1.29 is 9.63 Å². The predicted molar refractivity (Wildman–Crippen MR) is 34.7 cm³/mol. The summed E-state index contributed by atoms with van der Waals surface area (Å²) in [6, 6.07) is 0. The molecule has 1 N–H and O–H groups in total. The molecular formula is C6H13NO2. The number of amides is 1. The molecular weight excluding hydrogens is 118 g/mol. The van der Waals surface area contributed by atoms with Crippen LogP contribution in [0.2, 0.25) is 0 Å². The van der Waals surface area contributed by atoms with Crippen molar-refractivity contribution >= 4 is 5.91 Å². The van der Waals surface area contributed by atoms with Crippen LogP contribution in [-0.4, -0.2) is 12.0 Å².